The molecule has 0 aliphatic carbocycles. The maximum atomic E-state index is 13.4. The first-order valence-corrected chi connectivity index (χ1v) is 9.70. The van der Waals surface area contributed by atoms with Crippen molar-refractivity contribution in [1.82, 2.24) is 10.3 Å². The fraction of sp³-hybridized carbons (Fsp3) is 0.136. The predicted molar refractivity (Wildman–Crippen MR) is 113 cm³/mol. The van der Waals surface area contributed by atoms with Gasteiger partial charge in [-0.3, -0.25) is 14.6 Å². The molecule has 142 valence electrons. The molecule has 3 aromatic rings. The summed E-state index contributed by atoms with van der Waals surface area (Å²) >= 11 is 1.50. The van der Waals surface area contributed by atoms with Gasteiger partial charge in [-0.15, -0.1) is 11.8 Å². The molecule has 28 heavy (non-hydrogen) atoms. The number of anilines is 1. The number of aromatic nitrogens is 1. The van der Waals surface area contributed by atoms with Crippen molar-refractivity contribution in [3.63, 3.8) is 0 Å². The Hall–Kier alpha value is -3.12. The molecule has 5 nitrogen and oxygen atoms in total. The van der Waals surface area contributed by atoms with E-state index >= 15 is 0 Å². The summed E-state index contributed by atoms with van der Waals surface area (Å²) in [5.41, 5.74) is 1.81. The Morgan fingerprint density at radius 1 is 1.00 bits per heavy atom. The number of amides is 2. The number of carbonyl (C=O) groups excluding carboxylic acids is 2. The first kappa shape index (κ1) is 19.6. The topological polar surface area (TPSA) is 62.3 Å². The van der Waals surface area contributed by atoms with Crippen LogP contribution in [0.15, 0.2) is 83.9 Å². The number of nitrogens with one attached hydrogen (secondary N) is 1. The summed E-state index contributed by atoms with van der Waals surface area (Å²) in [5.74, 6) is -0.366. The molecule has 0 spiro atoms. The second-order valence-corrected chi connectivity index (χ2v) is 7.28. The van der Waals surface area contributed by atoms with E-state index in [1.54, 1.807) is 31.1 Å². The molecule has 1 aromatic heterocycles. The second kappa shape index (κ2) is 9.19. The van der Waals surface area contributed by atoms with Crippen LogP contribution in [0.5, 0.6) is 0 Å². The lowest BCUT2D eigenvalue weighted by molar-refractivity contribution is -0.117. The summed E-state index contributed by atoms with van der Waals surface area (Å²) < 4.78 is 0. The zero-order valence-corrected chi connectivity index (χ0v) is 16.5. The molecule has 0 fully saturated rings. The minimum atomic E-state index is -0.412. The molecule has 0 bridgehead atoms. The SMILES string of the molecule is CNC(=O)c1cc(N(C)C(=O)[C@@H](Sc2ccccc2)c2ccccc2)ccn1. The van der Waals surface area contributed by atoms with Crippen LogP contribution < -0.4 is 10.2 Å². The minimum Gasteiger partial charge on any atom is -0.354 e. The average molecular weight is 391 g/mol. The maximum absolute atomic E-state index is 13.4. The summed E-state index contributed by atoms with van der Waals surface area (Å²) in [6.07, 6.45) is 1.53. The van der Waals surface area contributed by atoms with Gasteiger partial charge in [0.05, 0.1) is 0 Å². The van der Waals surface area contributed by atoms with E-state index in [0.717, 1.165) is 10.5 Å². The normalized spacial score (nSPS) is 11.5. The van der Waals surface area contributed by atoms with E-state index in [0.29, 0.717) is 5.69 Å². The molecule has 0 radical (unpaired) electrons. The third-order valence-corrected chi connectivity index (χ3v) is 5.50. The van der Waals surface area contributed by atoms with E-state index in [-0.39, 0.29) is 17.5 Å². The van der Waals surface area contributed by atoms with Crippen LogP contribution in [-0.4, -0.2) is 30.9 Å². The van der Waals surface area contributed by atoms with Crippen molar-refractivity contribution in [2.24, 2.45) is 0 Å². The van der Waals surface area contributed by atoms with Crippen LogP contribution in [0.1, 0.15) is 21.3 Å². The number of rotatable bonds is 6. The molecule has 6 heteroatoms. The molecule has 1 heterocycles. The number of nitrogens with zero attached hydrogens (tertiary/aromatic N) is 2. The van der Waals surface area contributed by atoms with Gasteiger partial charge in [-0.1, -0.05) is 48.5 Å². The molecule has 1 atom stereocenters. The maximum Gasteiger partial charge on any atom is 0.269 e. The summed E-state index contributed by atoms with van der Waals surface area (Å²) in [5, 5.41) is 2.14. The van der Waals surface area contributed by atoms with Crippen LogP contribution >= 0.6 is 11.8 Å². The highest BCUT2D eigenvalue weighted by molar-refractivity contribution is 8.00. The molecular formula is C22H21N3O2S. The van der Waals surface area contributed by atoms with E-state index in [1.807, 2.05) is 60.7 Å². The van der Waals surface area contributed by atoms with Gasteiger partial charge in [-0.25, -0.2) is 0 Å². The summed E-state index contributed by atoms with van der Waals surface area (Å²) in [6, 6.07) is 22.9. The molecular weight excluding hydrogens is 370 g/mol. The molecule has 0 aliphatic rings. The van der Waals surface area contributed by atoms with E-state index in [4.69, 9.17) is 0 Å². The van der Waals surface area contributed by atoms with Crippen molar-refractivity contribution in [2.45, 2.75) is 10.1 Å². The van der Waals surface area contributed by atoms with Crippen LogP contribution in [0.25, 0.3) is 0 Å². The lowest BCUT2D eigenvalue weighted by Crippen LogP contribution is -2.31. The van der Waals surface area contributed by atoms with Crippen molar-refractivity contribution < 1.29 is 9.59 Å². The molecule has 0 unspecified atom stereocenters. The van der Waals surface area contributed by atoms with Crippen LogP contribution in [0.3, 0.4) is 0 Å². The van der Waals surface area contributed by atoms with Crippen LogP contribution in [0.4, 0.5) is 5.69 Å². The molecule has 0 saturated heterocycles. The third kappa shape index (κ3) is 4.58. The highest BCUT2D eigenvalue weighted by atomic mass is 32.2. The zero-order valence-electron chi connectivity index (χ0n) is 15.7. The smallest absolute Gasteiger partial charge is 0.269 e. The van der Waals surface area contributed by atoms with Gasteiger partial charge in [-0.05, 0) is 29.8 Å². The third-order valence-electron chi connectivity index (χ3n) is 4.24. The number of pyridine rings is 1. The van der Waals surface area contributed by atoms with Crippen molar-refractivity contribution in [3.8, 4) is 0 Å². The number of hydrogen-bond donors (Lipinski definition) is 1. The van der Waals surface area contributed by atoms with Crippen LogP contribution in [-0.2, 0) is 4.79 Å². The van der Waals surface area contributed by atoms with E-state index < -0.39 is 5.25 Å². The Labute approximate surface area is 168 Å². The lowest BCUT2D eigenvalue weighted by atomic mass is 10.1. The molecule has 2 amide bonds. The minimum absolute atomic E-state index is 0.0749. The Kier molecular flexibility index (Phi) is 6.45. The highest BCUT2D eigenvalue weighted by Crippen LogP contribution is 2.37. The lowest BCUT2D eigenvalue weighted by Gasteiger charge is -2.24. The Morgan fingerprint density at radius 2 is 1.64 bits per heavy atom. The van der Waals surface area contributed by atoms with Gasteiger partial charge >= 0.3 is 0 Å². The molecule has 1 N–H and O–H groups in total. The number of thioether (sulfide) groups is 1. The number of carbonyl (C=O) groups is 2. The zero-order chi connectivity index (χ0) is 19.9. The quantitative estimate of drug-likeness (QED) is 0.647. The number of hydrogen-bond acceptors (Lipinski definition) is 4. The average Bonchev–Trinajstić information content (AvgIpc) is 2.77. The molecule has 0 saturated carbocycles. The molecule has 2 aromatic carbocycles. The summed E-state index contributed by atoms with van der Waals surface area (Å²) in [6.45, 7) is 0. The van der Waals surface area contributed by atoms with Crippen LogP contribution in [0, 0.1) is 0 Å². The van der Waals surface area contributed by atoms with Gasteiger partial charge in [0.25, 0.3) is 5.91 Å². The standard InChI is InChI=1S/C22H21N3O2S/c1-23-21(26)19-15-17(13-14-24-19)25(2)22(27)20(16-9-5-3-6-10-16)28-18-11-7-4-8-12-18/h3-15,20H,1-2H3,(H,23,26)/t20-/m0/s1. The van der Waals surface area contributed by atoms with Gasteiger partial charge in [-0.2, -0.15) is 0 Å². The van der Waals surface area contributed by atoms with Gasteiger partial charge in [0.15, 0.2) is 0 Å². The predicted octanol–water partition coefficient (Wildman–Crippen LogP) is 3.94. The van der Waals surface area contributed by atoms with Gasteiger partial charge in [0, 0.05) is 30.9 Å². The van der Waals surface area contributed by atoms with Crippen molar-refractivity contribution in [2.75, 3.05) is 19.0 Å². The van der Waals surface area contributed by atoms with Gasteiger partial charge in [0.1, 0.15) is 10.9 Å². The molecule has 0 aliphatic heterocycles. The number of benzene rings is 2. The highest BCUT2D eigenvalue weighted by Gasteiger charge is 2.26. The van der Waals surface area contributed by atoms with Crippen molar-refractivity contribution in [1.29, 1.82) is 0 Å². The summed E-state index contributed by atoms with van der Waals surface area (Å²) in [7, 11) is 3.26. The summed E-state index contributed by atoms with van der Waals surface area (Å²) in [4.78, 5) is 31.9. The monoisotopic (exact) mass is 391 g/mol. The fourth-order valence-corrected chi connectivity index (χ4v) is 3.85. The van der Waals surface area contributed by atoms with Gasteiger partial charge in [0.2, 0.25) is 5.91 Å². The van der Waals surface area contributed by atoms with E-state index in [1.165, 1.54) is 18.0 Å². The first-order chi connectivity index (χ1) is 13.6. The van der Waals surface area contributed by atoms with Crippen LogP contribution in [0.2, 0.25) is 0 Å². The molecule has 3 rings (SSSR count). The first-order valence-electron chi connectivity index (χ1n) is 8.82. The second-order valence-electron chi connectivity index (χ2n) is 6.10. The van der Waals surface area contributed by atoms with Crippen molar-refractivity contribution >= 4 is 29.3 Å². The Morgan fingerprint density at radius 3 is 2.29 bits per heavy atom. The van der Waals surface area contributed by atoms with E-state index in [9.17, 15) is 9.59 Å². The Balaban J connectivity index is 1.91. The Bertz CT molecular complexity index is 948. The number of likely N-dealkylation sites (N-methyl/N-ethyl adjacent to an activating group) is 1. The fourth-order valence-electron chi connectivity index (χ4n) is 2.71. The largest absolute Gasteiger partial charge is 0.354 e. The van der Waals surface area contributed by atoms with Gasteiger partial charge < -0.3 is 10.2 Å². The van der Waals surface area contributed by atoms with E-state index in [2.05, 4.69) is 10.3 Å². The van der Waals surface area contributed by atoms with Crippen molar-refractivity contribution in [3.05, 3.63) is 90.3 Å².